The van der Waals surface area contributed by atoms with Gasteiger partial charge < -0.3 is 29.5 Å². The topological polar surface area (TPSA) is 160 Å². The molecule has 0 unspecified atom stereocenters. The quantitative estimate of drug-likeness (QED) is 0.311. The molecule has 2 aliphatic rings. The standard InChI is InChI=1S/C29H36F3N9O5/c1-3-20-23(38-10-12-39(13-11-38)26(44)22-24(43)18(2)34-17-35-22)27(45)41-28(36-25(37-41)19-6-14-46-15-7-19)40(20)16-21(42)33-9-5-4-8-29(30,31)32/h6,17,43H,3-5,7-16H2,1-2H3,(H,33,42). The van der Waals surface area contributed by atoms with Gasteiger partial charge in [0.1, 0.15) is 18.6 Å². The molecule has 2 aliphatic heterocycles. The summed E-state index contributed by atoms with van der Waals surface area (Å²) in [6, 6.07) is 0. The maximum Gasteiger partial charge on any atom is 0.389 e. The number of unbranched alkanes of at least 4 members (excludes halogenated alkanes) is 1. The SMILES string of the molecule is CCc1c(N2CCN(C(=O)c3ncnc(C)c3O)CC2)c(=O)n2nc(C3=CCOCC3)nc2n1CC(=O)NCCCCC(F)(F)F. The second-order valence-electron chi connectivity index (χ2n) is 11.1. The zero-order chi connectivity index (χ0) is 33.0. The molecule has 2 amide bonds. The Kier molecular flexibility index (Phi) is 9.88. The number of rotatable bonds is 10. The molecule has 2 N–H and O–H groups in total. The van der Waals surface area contributed by atoms with Gasteiger partial charge in [-0.2, -0.15) is 22.7 Å². The van der Waals surface area contributed by atoms with Crippen LogP contribution in [0.4, 0.5) is 18.9 Å². The summed E-state index contributed by atoms with van der Waals surface area (Å²) in [5.74, 6) is -0.663. The van der Waals surface area contributed by atoms with Gasteiger partial charge in [-0.05, 0) is 38.2 Å². The van der Waals surface area contributed by atoms with Crippen molar-refractivity contribution in [3.05, 3.63) is 45.7 Å². The predicted octanol–water partition coefficient (Wildman–Crippen LogP) is 1.87. The lowest BCUT2D eigenvalue weighted by molar-refractivity contribution is -0.135. The third-order valence-electron chi connectivity index (χ3n) is 8.01. The molecule has 0 radical (unpaired) electrons. The molecular weight excluding hydrogens is 611 g/mol. The van der Waals surface area contributed by atoms with Gasteiger partial charge in [0.05, 0.1) is 24.6 Å². The molecule has 0 atom stereocenters. The summed E-state index contributed by atoms with van der Waals surface area (Å²) in [4.78, 5) is 56.1. The Morgan fingerprint density at radius 2 is 1.89 bits per heavy atom. The summed E-state index contributed by atoms with van der Waals surface area (Å²) in [6.45, 7) is 5.13. The number of hydrogen-bond acceptors (Lipinski definition) is 10. The van der Waals surface area contributed by atoms with E-state index in [1.165, 1.54) is 15.7 Å². The second-order valence-corrected chi connectivity index (χ2v) is 11.1. The van der Waals surface area contributed by atoms with E-state index in [2.05, 4.69) is 25.4 Å². The van der Waals surface area contributed by atoms with Gasteiger partial charge in [-0.3, -0.25) is 14.4 Å². The van der Waals surface area contributed by atoms with Gasteiger partial charge in [-0.25, -0.2) is 9.97 Å². The van der Waals surface area contributed by atoms with Crippen LogP contribution >= 0.6 is 0 Å². The molecule has 17 heteroatoms. The van der Waals surface area contributed by atoms with Crippen LogP contribution in [0.5, 0.6) is 5.75 Å². The lowest BCUT2D eigenvalue weighted by Crippen LogP contribution is -2.51. The predicted molar refractivity (Wildman–Crippen MR) is 160 cm³/mol. The van der Waals surface area contributed by atoms with Crippen molar-refractivity contribution in [1.29, 1.82) is 0 Å². The van der Waals surface area contributed by atoms with Crippen LogP contribution in [0, 0.1) is 6.92 Å². The number of carbonyl (C=O) groups is 2. The number of alkyl halides is 3. The van der Waals surface area contributed by atoms with E-state index >= 15 is 0 Å². The summed E-state index contributed by atoms with van der Waals surface area (Å²) in [5, 5.41) is 17.5. The van der Waals surface area contributed by atoms with Crippen molar-refractivity contribution >= 4 is 28.9 Å². The van der Waals surface area contributed by atoms with Gasteiger partial charge in [0.25, 0.3) is 11.5 Å². The number of piperazine rings is 1. The number of aryl methyl sites for hydroxylation is 1. The highest BCUT2D eigenvalue weighted by Crippen LogP contribution is 2.25. The molecular formula is C29H36F3N9O5. The summed E-state index contributed by atoms with van der Waals surface area (Å²) in [7, 11) is 0. The van der Waals surface area contributed by atoms with Crippen molar-refractivity contribution in [3.8, 4) is 5.75 Å². The van der Waals surface area contributed by atoms with Crippen molar-refractivity contribution in [2.24, 2.45) is 0 Å². The van der Waals surface area contributed by atoms with Crippen molar-refractivity contribution in [3.63, 3.8) is 0 Å². The van der Waals surface area contributed by atoms with E-state index in [9.17, 15) is 32.7 Å². The molecule has 1 fully saturated rings. The number of halogens is 3. The zero-order valence-electron chi connectivity index (χ0n) is 25.6. The Hall–Kier alpha value is -4.54. The Morgan fingerprint density at radius 3 is 2.57 bits per heavy atom. The summed E-state index contributed by atoms with van der Waals surface area (Å²) in [6.07, 6.45) is -1.15. The van der Waals surface area contributed by atoms with E-state index in [1.54, 1.807) is 11.5 Å². The molecule has 0 saturated carbocycles. The third-order valence-corrected chi connectivity index (χ3v) is 8.01. The van der Waals surface area contributed by atoms with Crippen LogP contribution < -0.4 is 15.8 Å². The zero-order valence-corrected chi connectivity index (χ0v) is 25.6. The first kappa shape index (κ1) is 32.8. The first-order valence-electron chi connectivity index (χ1n) is 15.2. The van der Waals surface area contributed by atoms with E-state index in [0.29, 0.717) is 43.3 Å². The molecule has 5 heterocycles. The highest BCUT2D eigenvalue weighted by atomic mass is 19.4. The molecule has 0 bridgehead atoms. The third kappa shape index (κ3) is 7.13. The van der Waals surface area contributed by atoms with Crippen molar-refractivity contribution in [2.75, 3.05) is 50.8 Å². The van der Waals surface area contributed by atoms with Crippen molar-refractivity contribution in [2.45, 2.75) is 58.7 Å². The van der Waals surface area contributed by atoms with Gasteiger partial charge in [-0.1, -0.05) is 13.0 Å². The van der Waals surface area contributed by atoms with E-state index in [0.717, 1.165) is 5.57 Å². The van der Waals surface area contributed by atoms with Gasteiger partial charge in [0, 0.05) is 39.1 Å². The lowest BCUT2D eigenvalue weighted by Gasteiger charge is -2.36. The molecule has 0 aromatic carbocycles. The minimum Gasteiger partial charge on any atom is -0.504 e. The van der Waals surface area contributed by atoms with E-state index in [1.807, 2.05) is 17.9 Å². The number of anilines is 1. The first-order chi connectivity index (χ1) is 22.0. The molecule has 3 aromatic heterocycles. The Labute approximate surface area is 261 Å². The maximum absolute atomic E-state index is 14.0. The summed E-state index contributed by atoms with van der Waals surface area (Å²) in [5.41, 5.74) is 1.43. The normalized spacial score (nSPS) is 15.7. The van der Waals surface area contributed by atoms with Gasteiger partial charge in [0.15, 0.2) is 17.3 Å². The Morgan fingerprint density at radius 1 is 1.13 bits per heavy atom. The van der Waals surface area contributed by atoms with Crippen LogP contribution in [-0.2, 0) is 22.5 Å². The van der Waals surface area contributed by atoms with Crippen molar-refractivity contribution in [1.82, 2.24) is 39.3 Å². The Balaban J connectivity index is 1.43. The molecule has 3 aromatic rings. The number of carbonyl (C=O) groups excluding carboxylic acids is 2. The molecule has 5 rings (SSSR count). The number of nitrogens with zero attached hydrogens (tertiary/aromatic N) is 8. The average molecular weight is 648 g/mol. The van der Waals surface area contributed by atoms with Crippen LogP contribution in [0.25, 0.3) is 11.4 Å². The minimum atomic E-state index is -4.25. The fourth-order valence-corrected chi connectivity index (χ4v) is 5.58. The summed E-state index contributed by atoms with van der Waals surface area (Å²) < 4.78 is 45.7. The van der Waals surface area contributed by atoms with E-state index < -0.39 is 30.0 Å². The number of fused-ring (bicyclic) bond motifs is 1. The van der Waals surface area contributed by atoms with Crippen LogP contribution in [0.1, 0.15) is 60.3 Å². The molecule has 0 spiro atoms. The molecule has 248 valence electrons. The molecule has 14 nitrogen and oxygen atoms in total. The second kappa shape index (κ2) is 13.8. The number of ether oxygens (including phenoxy) is 1. The van der Waals surface area contributed by atoms with E-state index in [-0.39, 0.29) is 75.0 Å². The van der Waals surface area contributed by atoms with Crippen LogP contribution in [0.2, 0.25) is 0 Å². The van der Waals surface area contributed by atoms with Crippen molar-refractivity contribution < 1.29 is 32.6 Å². The highest BCUT2D eigenvalue weighted by Gasteiger charge is 2.31. The molecule has 46 heavy (non-hydrogen) atoms. The summed E-state index contributed by atoms with van der Waals surface area (Å²) >= 11 is 0. The number of aromatic nitrogens is 6. The monoisotopic (exact) mass is 647 g/mol. The number of amides is 2. The van der Waals surface area contributed by atoms with Gasteiger partial charge in [0.2, 0.25) is 11.7 Å². The van der Waals surface area contributed by atoms with Crippen LogP contribution in [0.15, 0.2) is 17.2 Å². The number of nitrogens with one attached hydrogen (secondary N) is 1. The molecule has 1 saturated heterocycles. The van der Waals surface area contributed by atoms with Gasteiger partial charge >= 0.3 is 6.18 Å². The van der Waals surface area contributed by atoms with Gasteiger partial charge in [-0.15, -0.1) is 5.10 Å². The molecule has 0 aliphatic carbocycles. The smallest absolute Gasteiger partial charge is 0.389 e. The average Bonchev–Trinajstić information content (AvgIpc) is 3.49. The Bertz CT molecular complexity index is 1690. The maximum atomic E-state index is 14.0. The highest BCUT2D eigenvalue weighted by molar-refractivity contribution is 5.95. The fourth-order valence-electron chi connectivity index (χ4n) is 5.58. The number of aromatic hydroxyl groups is 1. The first-order valence-corrected chi connectivity index (χ1v) is 15.2. The largest absolute Gasteiger partial charge is 0.504 e. The fraction of sp³-hybridized carbons (Fsp3) is 0.552. The lowest BCUT2D eigenvalue weighted by atomic mass is 10.1. The van der Waals surface area contributed by atoms with Crippen LogP contribution in [-0.4, -0.2) is 103 Å². The van der Waals surface area contributed by atoms with E-state index in [4.69, 9.17) is 4.74 Å². The minimum absolute atomic E-state index is 0.0714. The van der Waals surface area contributed by atoms with Crippen LogP contribution in [0.3, 0.4) is 0 Å². The number of hydrogen-bond donors (Lipinski definition) is 2.